The first-order chi connectivity index (χ1) is 13.3. The number of benzene rings is 1. The molecule has 0 aliphatic carbocycles. The number of hydrogen-bond acceptors (Lipinski definition) is 4. The number of carbonyl (C=O) groups excluding carboxylic acids is 1. The van der Waals surface area contributed by atoms with Crippen molar-refractivity contribution in [2.24, 2.45) is 0 Å². The van der Waals surface area contributed by atoms with Gasteiger partial charge in [0, 0.05) is 17.0 Å². The number of amides is 1. The summed E-state index contributed by atoms with van der Waals surface area (Å²) in [4.78, 5) is 16.5. The van der Waals surface area contributed by atoms with Gasteiger partial charge in [0.1, 0.15) is 5.75 Å². The number of piperidine rings is 1. The lowest BCUT2D eigenvalue weighted by atomic mass is 10.1. The first kappa shape index (κ1) is 19.9. The minimum Gasteiger partial charge on any atom is -0.494 e. The van der Waals surface area contributed by atoms with Crippen LogP contribution in [0, 0.1) is 0 Å². The van der Waals surface area contributed by atoms with Gasteiger partial charge >= 0.3 is 0 Å². The van der Waals surface area contributed by atoms with E-state index in [0.29, 0.717) is 12.1 Å². The quantitative estimate of drug-likeness (QED) is 0.624. The van der Waals surface area contributed by atoms with Crippen LogP contribution >= 0.6 is 11.3 Å². The summed E-state index contributed by atoms with van der Waals surface area (Å²) in [5.41, 5.74) is 0.682. The summed E-state index contributed by atoms with van der Waals surface area (Å²) >= 11 is 1.77. The number of ether oxygens (including phenoxy) is 1. The van der Waals surface area contributed by atoms with Crippen molar-refractivity contribution in [2.45, 2.75) is 45.1 Å². The summed E-state index contributed by atoms with van der Waals surface area (Å²) in [6.45, 7) is 5.74. The standard InChI is InChI=1S/C22H30N2O2S/c1-2-3-15-26-19-11-9-18(10-12-19)22(25)23-17-20(21-8-7-16-27-21)24-13-5-4-6-14-24/h7-12,16,20H,2-6,13-15,17H2,1H3,(H,23,25)/t20-/m0/s1. The van der Waals surface area contributed by atoms with Crippen LogP contribution in [-0.4, -0.2) is 37.0 Å². The van der Waals surface area contributed by atoms with Crippen molar-refractivity contribution in [1.29, 1.82) is 0 Å². The van der Waals surface area contributed by atoms with Crippen molar-refractivity contribution in [3.05, 3.63) is 52.2 Å². The van der Waals surface area contributed by atoms with Crippen LogP contribution in [0.15, 0.2) is 41.8 Å². The number of unbranched alkanes of at least 4 members (excludes halogenated alkanes) is 1. The lowest BCUT2D eigenvalue weighted by Gasteiger charge is -2.34. The third-order valence-electron chi connectivity index (χ3n) is 5.04. The van der Waals surface area contributed by atoms with Crippen molar-refractivity contribution in [1.82, 2.24) is 10.2 Å². The second-order valence-electron chi connectivity index (χ2n) is 7.06. The molecule has 146 valence electrons. The molecule has 2 heterocycles. The third kappa shape index (κ3) is 5.81. The highest BCUT2D eigenvalue weighted by atomic mass is 32.1. The van der Waals surface area contributed by atoms with E-state index in [4.69, 9.17) is 4.74 Å². The Labute approximate surface area is 166 Å². The molecule has 1 aromatic heterocycles. The van der Waals surface area contributed by atoms with E-state index in [1.807, 2.05) is 24.3 Å². The largest absolute Gasteiger partial charge is 0.494 e. The smallest absolute Gasteiger partial charge is 0.251 e. The molecule has 4 nitrogen and oxygen atoms in total. The Morgan fingerprint density at radius 1 is 1.19 bits per heavy atom. The van der Waals surface area contributed by atoms with Gasteiger partial charge in [-0.05, 0) is 68.1 Å². The topological polar surface area (TPSA) is 41.6 Å². The molecule has 0 saturated carbocycles. The molecule has 1 N–H and O–H groups in total. The highest BCUT2D eigenvalue weighted by Gasteiger charge is 2.23. The molecule has 0 spiro atoms. The molecule has 0 radical (unpaired) electrons. The average molecular weight is 387 g/mol. The highest BCUT2D eigenvalue weighted by Crippen LogP contribution is 2.27. The molecule has 0 bridgehead atoms. The van der Waals surface area contributed by atoms with Crippen molar-refractivity contribution >= 4 is 17.2 Å². The monoisotopic (exact) mass is 386 g/mol. The third-order valence-corrected chi connectivity index (χ3v) is 6.02. The maximum Gasteiger partial charge on any atom is 0.251 e. The van der Waals surface area contributed by atoms with Gasteiger partial charge in [-0.2, -0.15) is 0 Å². The predicted molar refractivity (Wildman–Crippen MR) is 112 cm³/mol. The van der Waals surface area contributed by atoms with Crippen molar-refractivity contribution < 1.29 is 9.53 Å². The van der Waals surface area contributed by atoms with Crippen LogP contribution in [0.25, 0.3) is 0 Å². The summed E-state index contributed by atoms with van der Waals surface area (Å²) in [7, 11) is 0. The number of hydrogen-bond donors (Lipinski definition) is 1. The minimum atomic E-state index is -0.0197. The van der Waals surface area contributed by atoms with E-state index in [-0.39, 0.29) is 11.9 Å². The van der Waals surface area contributed by atoms with Gasteiger partial charge in [-0.25, -0.2) is 0 Å². The van der Waals surface area contributed by atoms with Crippen LogP contribution < -0.4 is 10.1 Å². The van der Waals surface area contributed by atoms with Gasteiger partial charge in [0.05, 0.1) is 12.6 Å². The summed E-state index contributed by atoms with van der Waals surface area (Å²) in [5.74, 6) is 0.804. The van der Waals surface area contributed by atoms with Crippen molar-refractivity contribution in [3.8, 4) is 5.75 Å². The van der Waals surface area contributed by atoms with Gasteiger partial charge < -0.3 is 10.1 Å². The molecule has 2 aromatic rings. The first-order valence-corrected chi connectivity index (χ1v) is 10.9. The molecule has 1 saturated heterocycles. The zero-order valence-corrected chi connectivity index (χ0v) is 17.0. The molecular weight excluding hydrogens is 356 g/mol. The molecule has 3 rings (SSSR count). The number of nitrogens with zero attached hydrogens (tertiary/aromatic N) is 1. The molecule has 0 unspecified atom stereocenters. The molecular formula is C22H30N2O2S. The van der Waals surface area contributed by atoms with E-state index in [9.17, 15) is 4.79 Å². The van der Waals surface area contributed by atoms with E-state index in [2.05, 4.69) is 34.7 Å². The maximum absolute atomic E-state index is 12.6. The molecule has 1 aromatic carbocycles. The maximum atomic E-state index is 12.6. The fourth-order valence-corrected chi connectivity index (χ4v) is 4.31. The van der Waals surface area contributed by atoms with Crippen LogP contribution in [0.2, 0.25) is 0 Å². The zero-order valence-electron chi connectivity index (χ0n) is 16.2. The van der Waals surface area contributed by atoms with Gasteiger partial charge in [-0.15, -0.1) is 11.3 Å². The molecule has 1 atom stereocenters. The Morgan fingerprint density at radius 2 is 1.96 bits per heavy atom. The van der Waals surface area contributed by atoms with Crippen molar-refractivity contribution in [2.75, 3.05) is 26.2 Å². The summed E-state index contributed by atoms with van der Waals surface area (Å²) in [6.07, 6.45) is 5.96. The molecule has 1 aliphatic rings. The number of likely N-dealkylation sites (tertiary alicyclic amines) is 1. The molecule has 1 aliphatic heterocycles. The van der Waals surface area contributed by atoms with E-state index in [1.165, 1.54) is 24.1 Å². The Balaban J connectivity index is 1.57. The Kier molecular flexibility index (Phi) is 7.72. The van der Waals surface area contributed by atoms with Crippen LogP contribution in [0.1, 0.15) is 60.3 Å². The van der Waals surface area contributed by atoms with Gasteiger partial charge in [0.25, 0.3) is 5.91 Å². The fraction of sp³-hybridized carbons (Fsp3) is 0.500. The summed E-state index contributed by atoms with van der Waals surface area (Å²) in [5, 5.41) is 5.26. The lowest BCUT2D eigenvalue weighted by Crippen LogP contribution is -2.40. The fourth-order valence-electron chi connectivity index (χ4n) is 3.45. The first-order valence-electron chi connectivity index (χ1n) is 10.1. The van der Waals surface area contributed by atoms with Gasteiger partial charge in [-0.3, -0.25) is 9.69 Å². The highest BCUT2D eigenvalue weighted by molar-refractivity contribution is 7.10. The molecule has 5 heteroatoms. The van der Waals surface area contributed by atoms with E-state index >= 15 is 0 Å². The minimum absolute atomic E-state index is 0.0197. The molecule has 1 amide bonds. The Bertz CT molecular complexity index is 679. The normalized spacial score (nSPS) is 16.0. The van der Waals surface area contributed by atoms with Crippen LogP contribution in [-0.2, 0) is 0 Å². The van der Waals surface area contributed by atoms with Gasteiger partial charge in [0.15, 0.2) is 0 Å². The number of nitrogens with one attached hydrogen (secondary N) is 1. The van der Waals surface area contributed by atoms with Gasteiger partial charge in [-0.1, -0.05) is 25.8 Å². The number of thiophene rings is 1. The summed E-state index contributed by atoms with van der Waals surface area (Å²) in [6, 6.07) is 12.0. The summed E-state index contributed by atoms with van der Waals surface area (Å²) < 4.78 is 5.67. The van der Waals surface area contributed by atoms with E-state index in [1.54, 1.807) is 11.3 Å². The van der Waals surface area contributed by atoms with Crippen LogP contribution in [0.3, 0.4) is 0 Å². The number of carbonyl (C=O) groups is 1. The lowest BCUT2D eigenvalue weighted by molar-refractivity contribution is 0.0925. The second-order valence-corrected chi connectivity index (χ2v) is 8.04. The number of rotatable bonds is 9. The van der Waals surface area contributed by atoms with Crippen LogP contribution in [0.5, 0.6) is 5.75 Å². The zero-order chi connectivity index (χ0) is 18.9. The van der Waals surface area contributed by atoms with Gasteiger partial charge in [0.2, 0.25) is 0 Å². The predicted octanol–water partition coefficient (Wildman–Crippen LogP) is 4.88. The SMILES string of the molecule is CCCCOc1ccc(C(=O)NC[C@@H](c2cccs2)N2CCCCC2)cc1. The average Bonchev–Trinajstić information content (AvgIpc) is 3.24. The molecule has 27 heavy (non-hydrogen) atoms. The second kappa shape index (κ2) is 10.5. The van der Waals surface area contributed by atoms with Crippen LogP contribution in [0.4, 0.5) is 0 Å². The van der Waals surface area contributed by atoms with E-state index < -0.39 is 0 Å². The Morgan fingerprint density at radius 3 is 2.63 bits per heavy atom. The Hall–Kier alpha value is -1.85. The molecule has 1 fully saturated rings. The van der Waals surface area contributed by atoms with E-state index in [0.717, 1.165) is 38.3 Å². The van der Waals surface area contributed by atoms with Crippen molar-refractivity contribution in [3.63, 3.8) is 0 Å².